The third kappa shape index (κ3) is 3.06. The second kappa shape index (κ2) is 5.89. The van der Waals surface area contributed by atoms with Gasteiger partial charge in [-0.05, 0) is 38.8 Å². The Bertz CT molecular complexity index is 252. The van der Waals surface area contributed by atoms with Crippen LogP contribution in [0.1, 0.15) is 57.8 Å². The summed E-state index contributed by atoms with van der Waals surface area (Å²) < 4.78 is 11.8. The largest absolute Gasteiger partial charge is 0.351 e. The van der Waals surface area contributed by atoms with Gasteiger partial charge >= 0.3 is 0 Å². The zero-order valence-corrected chi connectivity index (χ0v) is 11.5. The molecule has 1 saturated carbocycles. The van der Waals surface area contributed by atoms with Gasteiger partial charge < -0.3 is 14.4 Å². The first-order valence-corrected chi connectivity index (χ1v) is 7.84. The van der Waals surface area contributed by atoms with Crippen LogP contribution in [-0.2, 0) is 9.47 Å². The highest BCUT2D eigenvalue weighted by Gasteiger charge is 2.39. The molecule has 0 bridgehead atoms. The molecule has 3 rings (SSSR count). The van der Waals surface area contributed by atoms with Crippen LogP contribution in [0.3, 0.4) is 0 Å². The van der Waals surface area contributed by atoms with Gasteiger partial charge in [0.25, 0.3) is 0 Å². The SMILES string of the molecule is C1CCN(CC2CC3(CCCCC3)OCO2)CC1. The molecule has 0 N–H and O–H groups in total. The Balaban J connectivity index is 1.52. The topological polar surface area (TPSA) is 21.7 Å². The summed E-state index contributed by atoms with van der Waals surface area (Å²) in [4.78, 5) is 2.59. The molecule has 0 aromatic rings. The molecule has 0 radical (unpaired) electrons. The lowest BCUT2D eigenvalue weighted by molar-refractivity contribution is -0.235. The molecular formula is C15H27NO2. The number of piperidine rings is 1. The molecule has 3 nitrogen and oxygen atoms in total. The van der Waals surface area contributed by atoms with E-state index >= 15 is 0 Å². The van der Waals surface area contributed by atoms with E-state index in [1.807, 2.05) is 0 Å². The minimum atomic E-state index is 0.178. The highest BCUT2D eigenvalue weighted by molar-refractivity contribution is 4.89. The van der Waals surface area contributed by atoms with Gasteiger partial charge in [0.05, 0.1) is 11.7 Å². The lowest BCUT2D eigenvalue weighted by Gasteiger charge is -2.44. The van der Waals surface area contributed by atoms with Crippen molar-refractivity contribution in [1.82, 2.24) is 4.90 Å². The van der Waals surface area contributed by atoms with Crippen molar-refractivity contribution in [2.24, 2.45) is 0 Å². The molecule has 2 saturated heterocycles. The summed E-state index contributed by atoms with van der Waals surface area (Å²) in [5.74, 6) is 0. The number of likely N-dealkylation sites (tertiary alicyclic amines) is 1. The standard InChI is InChI=1S/C15H27NO2/c1-3-7-15(8-4-1)11-14(17-13-18-15)12-16-9-5-2-6-10-16/h14H,1-13H2. The van der Waals surface area contributed by atoms with Crippen LogP contribution in [0.5, 0.6) is 0 Å². The molecule has 3 aliphatic rings. The van der Waals surface area contributed by atoms with E-state index in [4.69, 9.17) is 9.47 Å². The van der Waals surface area contributed by atoms with Gasteiger partial charge in [-0.1, -0.05) is 25.7 Å². The number of nitrogens with zero attached hydrogens (tertiary/aromatic N) is 1. The van der Waals surface area contributed by atoms with Crippen LogP contribution in [0.15, 0.2) is 0 Å². The Labute approximate surface area is 111 Å². The molecule has 2 heterocycles. The first-order chi connectivity index (χ1) is 8.86. The van der Waals surface area contributed by atoms with Crippen molar-refractivity contribution in [2.45, 2.75) is 69.5 Å². The number of rotatable bonds is 2. The van der Waals surface area contributed by atoms with Gasteiger partial charge in [0.1, 0.15) is 6.79 Å². The lowest BCUT2D eigenvalue weighted by atomic mass is 9.80. The Morgan fingerprint density at radius 1 is 0.944 bits per heavy atom. The molecule has 18 heavy (non-hydrogen) atoms. The van der Waals surface area contributed by atoms with Gasteiger partial charge in [0, 0.05) is 13.0 Å². The Morgan fingerprint density at radius 3 is 2.44 bits per heavy atom. The van der Waals surface area contributed by atoms with E-state index in [2.05, 4.69) is 4.90 Å². The zero-order chi connectivity index (χ0) is 12.3. The predicted molar refractivity (Wildman–Crippen MR) is 71.5 cm³/mol. The normalized spacial score (nSPS) is 33.7. The number of hydrogen-bond donors (Lipinski definition) is 0. The summed E-state index contributed by atoms with van der Waals surface area (Å²) in [7, 11) is 0. The smallest absolute Gasteiger partial charge is 0.147 e. The van der Waals surface area contributed by atoms with Gasteiger partial charge in [0.15, 0.2) is 0 Å². The molecule has 1 spiro atoms. The van der Waals surface area contributed by atoms with E-state index in [0.717, 1.165) is 13.0 Å². The third-order valence-corrected chi connectivity index (χ3v) is 4.94. The highest BCUT2D eigenvalue weighted by atomic mass is 16.7. The Morgan fingerprint density at radius 2 is 1.67 bits per heavy atom. The zero-order valence-electron chi connectivity index (χ0n) is 11.5. The van der Waals surface area contributed by atoms with Crippen molar-refractivity contribution in [3.8, 4) is 0 Å². The molecule has 0 aromatic heterocycles. The van der Waals surface area contributed by atoms with Crippen molar-refractivity contribution >= 4 is 0 Å². The minimum Gasteiger partial charge on any atom is -0.351 e. The van der Waals surface area contributed by atoms with Crippen LogP contribution in [0.25, 0.3) is 0 Å². The molecule has 2 aliphatic heterocycles. The summed E-state index contributed by atoms with van der Waals surface area (Å²) in [5, 5.41) is 0. The van der Waals surface area contributed by atoms with Gasteiger partial charge in [-0.3, -0.25) is 0 Å². The maximum absolute atomic E-state index is 5.99. The fourth-order valence-corrected chi connectivity index (χ4v) is 3.88. The summed E-state index contributed by atoms with van der Waals surface area (Å²) in [6, 6.07) is 0. The van der Waals surface area contributed by atoms with Crippen molar-refractivity contribution < 1.29 is 9.47 Å². The van der Waals surface area contributed by atoms with E-state index in [1.165, 1.54) is 64.5 Å². The van der Waals surface area contributed by atoms with E-state index in [1.54, 1.807) is 0 Å². The fraction of sp³-hybridized carbons (Fsp3) is 1.00. The van der Waals surface area contributed by atoms with Crippen LogP contribution < -0.4 is 0 Å². The number of ether oxygens (including phenoxy) is 2. The van der Waals surface area contributed by atoms with Gasteiger partial charge in [-0.25, -0.2) is 0 Å². The van der Waals surface area contributed by atoms with Gasteiger partial charge in [0.2, 0.25) is 0 Å². The quantitative estimate of drug-likeness (QED) is 0.755. The molecule has 1 unspecified atom stereocenters. The monoisotopic (exact) mass is 253 g/mol. The molecule has 3 heteroatoms. The highest BCUT2D eigenvalue weighted by Crippen LogP contribution is 2.38. The molecule has 3 fully saturated rings. The van der Waals surface area contributed by atoms with Gasteiger partial charge in [-0.2, -0.15) is 0 Å². The van der Waals surface area contributed by atoms with E-state index in [0.29, 0.717) is 12.9 Å². The Kier molecular flexibility index (Phi) is 4.22. The average Bonchev–Trinajstić information content (AvgIpc) is 2.41. The van der Waals surface area contributed by atoms with Crippen molar-refractivity contribution in [3.05, 3.63) is 0 Å². The van der Waals surface area contributed by atoms with Crippen LogP contribution in [-0.4, -0.2) is 43.0 Å². The maximum Gasteiger partial charge on any atom is 0.147 e. The first kappa shape index (κ1) is 12.9. The van der Waals surface area contributed by atoms with Crippen LogP contribution >= 0.6 is 0 Å². The van der Waals surface area contributed by atoms with Crippen molar-refractivity contribution in [1.29, 1.82) is 0 Å². The van der Waals surface area contributed by atoms with E-state index < -0.39 is 0 Å². The fourth-order valence-electron chi connectivity index (χ4n) is 3.88. The first-order valence-electron chi connectivity index (χ1n) is 7.84. The summed E-state index contributed by atoms with van der Waals surface area (Å²) >= 11 is 0. The Hall–Kier alpha value is -0.120. The minimum absolute atomic E-state index is 0.178. The maximum atomic E-state index is 5.99. The third-order valence-electron chi connectivity index (χ3n) is 4.94. The van der Waals surface area contributed by atoms with Crippen LogP contribution in [0, 0.1) is 0 Å². The number of hydrogen-bond acceptors (Lipinski definition) is 3. The predicted octanol–water partition coefficient (Wildman–Crippen LogP) is 2.94. The van der Waals surface area contributed by atoms with E-state index in [-0.39, 0.29) is 5.60 Å². The summed E-state index contributed by atoms with van der Waals surface area (Å²) in [6.45, 7) is 4.20. The second-order valence-corrected chi connectivity index (χ2v) is 6.36. The van der Waals surface area contributed by atoms with Crippen LogP contribution in [0.2, 0.25) is 0 Å². The average molecular weight is 253 g/mol. The van der Waals surface area contributed by atoms with Crippen molar-refractivity contribution in [3.63, 3.8) is 0 Å². The molecule has 0 amide bonds. The summed E-state index contributed by atoms with van der Waals surface area (Å²) in [6.07, 6.45) is 12.3. The molecule has 104 valence electrons. The molecular weight excluding hydrogens is 226 g/mol. The second-order valence-electron chi connectivity index (χ2n) is 6.36. The van der Waals surface area contributed by atoms with Crippen LogP contribution in [0.4, 0.5) is 0 Å². The molecule has 0 aromatic carbocycles. The van der Waals surface area contributed by atoms with Crippen molar-refractivity contribution in [2.75, 3.05) is 26.4 Å². The summed E-state index contributed by atoms with van der Waals surface area (Å²) in [5.41, 5.74) is 0.178. The van der Waals surface area contributed by atoms with E-state index in [9.17, 15) is 0 Å². The molecule has 1 atom stereocenters. The lowest BCUT2D eigenvalue weighted by Crippen LogP contribution is -2.48. The van der Waals surface area contributed by atoms with Gasteiger partial charge in [-0.15, -0.1) is 0 Å². The molecule has 1 aliphatic carbocycles.